The van der Waals surface area contributed by atoms with Gasteiger partial charge in [-0.15, -0.1) is 0 Å². The van der Waals surface area contributed by atoms with Gasteiger partial charge < -0.3 is 4.74 Å². The third-order valence-corrected chi connectivity index (χ3v) is 5.14. The molecule has 1 saturated heterocycles. The van der Waals surface area contributed by atoms with Gasteiger partial charge in [0, 0.05) is 25.9 Å². The Morgan fingerprint density at radius 2 is 1.92 bits per heavy atom. The fourth-order valence-electron chi connectivity index (χ4n) is 3.40. The van der Waals surface area contributed by atoms with Crippen LogP contribution >= 0.6 is 12.2 Å². The van der Waals surface area contributed by atoms with E-state index in [2.05, 4.69) is 33.5 Å². The molecule has 0 bridgehead atoms. The number of nitrogens with zero attached hydrogens (tertiary/aromatic N) is 5. The van der Waals surface area contributed by atoms with E-state index in [1.165, 1.54) is 12.8 Å². The van der Waals surface area contributed by atoms with Crippen molar-refractivity contribution < 1.29 is 4.74 Å². The number of rotatable bonds is 9. The zero-order valence-corrected chi connectivity index (χ0v) is 16.6. The van der Waals surface area contributed by atoms with Crippen LogP contribution in [0.15, 0.2) is 30.3 Å². The normalized spacial score (nSPS) is 15.2. The zero-order valence-electron chi connectivity index (χ0n) is 15.8. The maximum atomic E-state index is 5.78. The van der Waals surface area contributed by atoms with Crippen LogP contribution in [0.4, 0.5) is 0 Å². The second kappa shape index (κ2) is 9.41. The smallest absolute Gasteiger partial charge is 0.203 e. The van der Waals surface area contributed by atoms with Gasteiger partial charge in [-0.3, -0.25) is 14.4 Å². The van der Waals surface area contributed by atoms with Crippen LogP contribution in [0, 0.1) is 4.77 Å². The third-order valence-electron chi connectivity index (χ3n) is 4.75. The second-order valence-corrected chi connectivity index (χ2v) is 7.29. The zero-order chi connectivity index (χ0) is 18.4. The average Bonchev–Trinajstić information content (AvgIpc) is 3.25. The number of hydrogen-bond acceptors (Lipinski definition) is 5. The summed E-state index contributed by atoms with van der Waals surface area (Å²) in [7, 11) is 3.83. The van der Waals surface area contributed by atoms with Crippen molar-refractivity contribution in [3.8, 4) is 5.69 Å². The van der Waals surface area contributed by atoms with Gasteiger partial charge in [0.1, 0.15) is 0 Å². The fourth-order valence-corrected chi connectivity index (χ4v) is 3.71. The van der Waals surface area contributed by atoms with Gasteiger partial charge in [0.05, 0.1) is 13.2 Å². The monoisotopic (exact) mass is 375 g/mol. The molecular formula is C19H29N5OS. The molecule has 142 valence electrons. The molecule has 1 aliphatic rings. The molecular weight excluding hydrogens is 346 g/mol. The van der Waals surface area contributed by atoms with Crippen LogP contribution in [0.1, 0.15) is 25.1 Å². The Hall–Kier alpha value is -1.54. The van der Waals surface area contributed by atoms with E-state index in [0.717, 1.165) is 55.5 Å². The molecule has 3 rings (SSSR count). The van der Waals surface area contributed by atoms with Gasteiger partial charge in [-0.1, -0.05) is 18.2 Å². The molecule has 0 atom stereocenters. The summed E-state index contributed by atoms with van der Waals surface area (Å²) in [4.78, 5) is 4.69. The number of para-hydroxylation sites is 1. The number of aromatic nitrogens is 3. The topological polar surface area (TPSA) is 38.5 Å². The van der Waals surface area contributed by atoms with Crippen molar-refractivity contribution in [3.05, 3.63) is 40.9 Å². The van der Waals surface area contributed by atoms with Crippen molar-refractivity contribution in [2.45, 2.75) is 32.5 Å². The van der Waals surface area contributed by atoms with Crippen LogP contribution < -0.4 is 0 Å². The van der Waals surface area contributed by atoms with E-state index in [9.17, 15) is 0 Å². The largest absolute Gasteiger partial charge is 0.385 e. The summed E-state index contributed by atoms with van der Waals surface area (Å²) >= 11 is 5.78. The van der Waals surface area contributed by atoms with Crippen LogP contribution in [0.2, 0.25) is 0 Å². The Morgan fingerprint density at radius 1 is 1.19 bits per heavy atom. The molecule has 7 heteroatoms. The molecule has 6 nitrogen and oxygen atoms in total. The van der Waals surface area contributed by atoms with Crippen molar-refractivity contribution >= 4 is 12.2 Å². The molecule has 0 spiro atoms. The lowest BCUT2D eigenvalue weighted by Gasteiger charge is -2.15. The minimum Gasteiger partial charge on any atom is -0.385 e. The molecule has 0 amide bonds. The molecule has 1 fully saturated rings. The second-order valence-electron chi connectivity index (χ2n) is 6.92. The first-order valence-corrected chi connectivity index (χ1v) is 9.74. The van der Waals surface area contributed by atoms with Gasteiger partial charge in [-0.05, 0) is 63.8 Å². The molecule has 1 aromatic heterocycles. The number of likely N-dealkylation sites (tertiary alicyclic amines) is 1. The predicted molar refractivity (Wildman–Crippen MR) is 106 cm³/mol. The lowest BCUT2D eigenvalue weighted by atomic mass is 10.3. The van der Waals surface area contributed by atoms with Crippen LogP contribution in [-0.2, 0) is 18.0 Å². The summed E-state index contributed by atoms with van der Waals surface area (Å²) in [5.41, 5.74) is 1.08. The van der Waals surface area contributed by atoms with E-state index in [-0.39, 0.29) is 0 Å². The number of benzene rings is 1. The first-order valence-electron chi connectivity index (χ1n) is 9.33. The Kier molecular flexibility index (Phi) is 6.96. The molecule has 0 aliphatic carbocycles. The van der Waals surface area contributed by atoms with Gasteiger partial charge >= 0.3 is 0 Å². The molecule has 0 N–H and O–H groups in total. The van der Waals surface area contributed by atoms with Crippen molar-refractivity contribution in [2.75, 3.05) is 40.4 Å². The first kappa shape index (κ1) is 19.2. The van der Waals surface area contributed by atoms with Crippen LogP contribution in [-0.4, -0.2) is 64.5 Å². The third kappa shape index (κ3) is 4.79. The minimum absolute atomic E-state index is 0.690. The standard InChI is InChI=1S/C19H29N5OS/c1-21(11-8-14-25-2)16-23-19(26)24(17-9-4-3-5-10-17)18(20-23)15-22-12-6-7-13-22/h3-5,9-10H,6-8,11-16H2,1-2H3. The Balaban J connectivity index is 1.83. The highest BCUT2D eigenvalue weighted by atomic mass is 32.1. The maximum Gasteiger partial charge on any atom is 0.203 e. The summed E-state index contributed by atoms with van der Waals surface area (Å²) in [6.45, 7) is 5.55. The number of hydrogen-bond donors (Lipinski definition) is 0. The van der Waals surface area contributed by atoms with E-state index in [1.54, 1.807) is 7.11 Å². The quantitative estimate of drug-likeness (QED) is 0.498. The molecule has 0 saturated carbocycles. The van der Waals surface area contributed by atoms with Gasteiger partial charge in [0.15, 0.2) is 5.82 Å². The lowest BCUT2D eigenvalue weighted by Crippen LogP contribution is -2.25. The van der Waals surface area contributed by atoms with E-state index in [0.29, 0.717) is 6.67 Å². The number of ether oxygens (including phenoxy) is 1. The van der Waals surface area contributed by atoms with E-state index < -0.39 is 0 Å². The molecule has 0 unspecified atom stereocenters. The SMILES string of the molecule is COCCCN(C)Cn1nc(CN2CCCC2)n(-c2ccccc2)c1=S. The predicted octanol–water partition coefficient (Wildman–Crippen LogP) is 2.92. The van der Waals surface area contributed by atoms with Crippen LogP contribution in [0.3, 0.4) is 0 Å². The Labute approximate surface area is 161 Å². The van der Waals surface area contributed by atoms with E-state index >= 15 is 0 Å². The van der Waals surface area contributed by atoms with Crippen molar-refractivity contribution in [1.29, 1.82) is 0 Å². The molecule has 26 heavy (non-hydrogen) atoms. The van der Waals surface area contributed by atoms with Crippen molar-refractivity contribution in [3.63, 3.8) is 0 Å². The maximum absolute atomic E-state index is 5.78. The van der Waals surface area contributed by atoms with Crippen molar-refractivity contribution in [2.24, 2.45) is 0 Å². The fraction of sp³-hybridized carbons (Fsp3) is 0.579. The van der Waals surface area contributed by atoms with Gasteiger partial charge in [-0.25, -0.2) is 4.68 Å². The average molecular weight is 376 g/mol. The Bertz CT molecular complexity index is 736. The minimum atomic E-state index is 0.690. The molecule has 0 radical (unpaired) electrons. The van der Waals surface area contributed by atoms with Crippen LogP contribution in [0.5, 0.6) is 0 Å². The number of methoxy groups -OCH3 is 1. The highest BCUT2D eigenvalue weighted by Crippen LogP contribution is 2.17. The summed E-state index contributed by atoms with van der Waals surface area (Å²) in [5.74, 6) is 1.02. The molecule has 2 aromatic rings. The van der Waals surface area contributed by atoms with Gasteiger partial charge in [0.2, 0.25) is 4.77 Å². The molecule has 1 aliphatic heterocycles. The van der Waals surface area contributed by atoms with Gasteiger partial charge in [-0.2, -0.15) is 5.10 Å². The molecule has 2 heterocycles. The summed E-state index contributed by atoms with van der Waals surface area (Å²) in [5, 5.41) is 4.88. The highest BCUT2D eigenvalue weighted by Gasteiger charge is 2.18. The lowest BCUT2D eigenvalue weighted by molar-refractivity contribution is 0.167. The molecule has 1 aromatic carbocycles. The van der Waals surface area contributed by atoms with E-state index in [1.807, 2.05) is 22.9 Å². The van der Waals surface area contributed by atoms with Crippen molar-refractivity contribution in [1.82, 2.24) is 24.1 Å². The Morgan fingerprint density at radius 3 is 2.62 bits per heavy atom. The summed E-state index contributed by atoms with van der Waals surface area (Å²) in [6.07, 6.45) is 3.55. The van der Waals surface area contributed by atoms with Crippen LogP contribution in [0.25, 0.3) is 5.69 Å². The summed E-state index contributed by atoms with van der Waals surface area (Å²) < 4.78 is 9.96. The van der Waals surface area contributed by atoms with E-state index in [4.69, 9.17) is 22.1 Å². The van der Waals surface area contributed by atoms with Gasteiger partial charge in [0.25, 0.3) is 0 Å². The summed E-state index contributed by atoms with van der Waals surface area (Å²) in [6, 6.07) is 10.3. The first-order chi connectivity index (χ1) is 12.7. The highest BCUT2D eigenvalue weighted by molar-refractivity contribution is 7.71.